The summed E-state index contributed by atoms with van der Waals surface area (Å²) in [5.74, 6) is -2.03. The lowest BCUT2D eigenvalue weighted by Crippen LogP contribution is -2.30. The van der Waals surface area contributed by atoms with Gasteiger partial charge in [-0.05, 0) is 40.8 Å². The third-order valence-electron chi connectivity index (χ3n) is 1.52. The van der Waals surface area contributed by atoms with Crippen molar-refractivity contribution in [3.63, 3.8) is 0 Å². The summed E-state index contributed by atoms with van der Waals surface area (Å²) in [6, 6.07) is 4.33. The highest BCUT2D eigenvalue weighted by molar-refractivity contribution is 14.1. The lowest BCUT2D eigenvalue weighted by molar-refractivity contribution is -0.167. The highest BCUT2D eigenvalue weighted by Gasteiger charge is 2.38. The summed E-state index contributed by atoms with van der Waals surface area (Å²) in [7, 11) is 0. The number of amides is 1. The van der Waals surface area contributed by atoms with Crippen molar-refractivity contribution < 1.29 is 18.0 Å². The van der Waals surface area contributed by atoms with E-state index in [-0.39, 0.29) is 11.4 Å². The minimum Gasteiger partial charge on any atom is -0.397 e. The number of alkyl halides is 3. The Morgan fingerprint density at radius 2 is 2.00 bits per heavy atom. The number of benzene rings is 1. The first-order chi connectivity index (χ1) is 6.80. The molecule has 0 radical (unpaired) electrons. The molecule has 0 saturated heterocycles. The smallest absolute Gasteiger partial charge is 0.397 e. The molecule has 0 heterocycles. The molecule has 0 atom stereocenters. The van der Waals surface area contributed by atoms with Gasteiger partial charge in [0.15, 0.2) is 0 Å². The van der Waals surface area contributed by atoms with Gasteiger partial charge in [0, 0.05) is 3.57 Å². The van der Waals surface area contributed by atoms with Crippen molar-refractivity contribution in [1.29, 1.82) is 0 Å². The second kappa shape index (κ2) is 4.25. The molecule has 1 rings (SSSR count). The summed E-state index contributed by atoms with van der Waals surface area (Å²) in [5.41, 5.74) is 5.48. The van der Waals surface area contributed by atoms with Crippen molar-refractivity contribution in [2.24, 2.45) is 0 Å². The van der Waals surface area contributed by atoms with Crippen LogP contribution in [0, 0.1) is 3.57 Å². The van der Waals surface area contributed by atoms with Crippen LogP contribution in [0.2, 0.25) is 0 Å². The normalized spacial score (nSPS) is 11.2. The van der Waals surface area contributed by atoms with Crippen LogP contribution in [0.25, 0.3) is 0 Å². The first-order valence-corrected chi connectivity index (χ1v) is 4.82. The van der Waals surface area contributed by atoms with Crippen molar-refractivity contribution in [1.82, 2.24) is 0 Å². The minimum atomic E-state index is -4.91. The summed E-state index contributed by atoms with van der Waals surface area (Å²) >= 11 is 1.96. The van der Waals surface area contributed by atoms with Crippen LogP contribution in [-0.2, 0) is 4.79 Å². The molecule has 1 amide bonds. The molecule has 0 saturated carbocycles. The molecular weight excluding hydrogens is 324 g/mol. The number of halogens is 4. The molecule has 3 N–H and O–H groups in total. The van der Waals surface area contributed by atoms with E-state index in [1.807, 2.05) is 22.6 Å². The van der Waals surface area contributed by atoms with E-state index in [1.54, 1.807) is 11.4 Å². The van der Waals surface area contributed by atoms with Gasteiger partial charge < -0.3 is 11.1 Å². The molecule has 82 valence electrons. The van der Waals surface area contributed by atoms with E-state index < -0.39 is 12.1 Å². The maximum absolute atomic E-state index is 11.9. The Hall–Kier alpha value is -0.990. The van der Waals surface area contributed by atoms with Crippen molar-refractivity contribution in [3.05, 3.63) is 21.8 Å². The second-order valence-corrected chi connectivity index (χ2v) is 3.93. The van der Waals surface area contributed by atoms with Gasteiger partial charge in [-0.25, -0.2) is 0 Å². The number of hydrogen-bond acceptors (Lipinski definition) is 2. The number of carbonyl (C=O) groups is 1. The van der Waals surface area contributed by atoms with Crippen molar-refractivity contribution in [2.45, 2.75) is 6.18 Å². The summed E-state index contributed by atoms with van der Waals surface area (Å²) < 4.78 is 36.4. The van der Waals surface area contributed by atoms with E-state index in [1.165, 1.54) is 12.1 Å². The zero-order chi connectivity index (χ0) is 11.6. The Balaban J connectivity index is 2.87. The number of nitrogens with two attached hydrogens (primary N) is 1. The number of hydrogen-bond donors (Lipinski definition) is 2. The average Bonchev–Trinajstić information content (AvgIpc) is 2.08. The molecule has 0 unspecified atom stereocenters. The highest BCUT2D eigenvalue weighted by Crippen LogP contribution is 2.23. The molecule has 7 heteroatoms. The predicted octanol–water partition coefficient (Wildman–Crippen LogP) is 2.37. The number of nitrogens with one attached hydrogen (secondary N) is 1. The number of nitrogen functional groups attached to an aromatic ring is 1. The van der Waals surface area contributed by atoms with E-state index in [2.05, 4.69) is 0 Å². The Morgan fingerprint density at radius 1 is 1.40 bits per heavy atom. The van der Waals surface area contributed by atoms with Crippen LogP contribution < -0.4 is 11.1 Å². The summed E-state index contributed by atoms with van der Waals surface area (Å²) in [4.78, 5) is 10.6. The van der Waals surface area contributed by atoms with Gasteiger partial charge in [0.25, 0.3) is 0 Å². The zero-order valence-corrected chi connectivity index (χ0v) is 9.39. The Bertz CT molecular complexity index is 392. The lowest BCUT2D eigenvalue weighted by atomic mass is 10.2. The van der Waals surface area contributed by atoms with Crippen LogP contribution in [0.1, 0.15) is 0 Å². The summed E-state index contributed by atoms with van der Waals surface area (Å²) in [6.07, 6.45) is -4.91. The monoisotopic (exact) mass is 330 g/mol. The Morgan fingerprint density at radius 3 is 2.47 bits per heavy atom. The molecule has 15 heavy (non-hydrogen) atoms. The van der Waals surface area contributed by atoms with Crippen LogP contribution in [0.15, 0.2) is 18.2 Å². The number of anilines is 2. The standard InChI is InChI=1S/C8H6F3IN2O/c9-8(10,11)7(15)14-6-2-1-4(12)3-5(6)13/h1-3H,13H2,(H,14,15). The molecule has 0 spiro atoms. The summed E-state index contributed by atoms with van der Waals surface area (Å²) in [6.45, 7) is 0. The van der Waals surface area contributed by atoms with Gasteiger partial charge in [-0.15, -0.1) is 0 Å². The molecular formula is C8H6F3IN2O. The molecule has 0 fully saturated rings. The van der Waals surface area contributed by atoms with E-state index in [9.17, 15) is 18.0 Å². The van der Waals surface area contributed by atoms with Gasteiger partial charge in [-0.2, -0.15) is 13.2 Å². The topological polar surface area (TPSA) is 55.1 Å². The first kappa shape index (κ1) is 12.1. The van der Waals surface area contributed by atoms with Gasteiger partial charge in [0.2, 0.25) is 0 Å². The second-order valence-electron chi connectivity index (χ2n) is 2.68. The van der Waals surface area contributed by atoms with Gasteiger partial charge in [0.1, 0.15) is 0 Å². The lowest BCUT2D eigenvalue weighted by Gasteiger charge is -2.10. The maximum Gasteiger partial charge on any atom is 0.471 e. The Kier molecular flexibility index (Phi) is 3.42. The fourth-order valence-electron chi connectivity index (χ4n) is 0.841. The third-order valence-corrected chi connectivity index (χ3v) is 2.19. The molecule has 0 bridgehead atoms. The van der Waals surface area contributed by atoms with E-state index in [0.29, 0.717) is 0 Å². The van der Waals surface area contributed by atoms with E-state index in [0.717, 1.165) is 3.57 Å². The SMILES string of the molecule is Nc1cc(I)ccc1NC(=O)C(F)(F)F. The molecule has 0 aliphatic rings. The Labute approximate surface area is 97.0 Å². The van der Waals surface area contributed by atoms with Crippen LogP contribution >= 0.6 is 22.6 Å². The van der Waals surface area contributed by atoms with Gasteiger partial charge in [0.05, 0.1) is 11.4 Å². The van der Waals surface area contributed by atoms with Crippen molar-refractivity contribution >= 4 is 39.9 Å². The molecule has 3 nitrogen and oxygen atoms in total. The fraction of sp³-hybridized carbons (Fsp3) is 0.125. The number of carbonyl (C=O) groups excluding carboxylic acids is 1. The first-order valence-electron chi connectivity index (χ1n) is 3.74. The third kappa shape index (κ3) is 3.26. The van der Waals surface area contributed by atoms with Crippen molar-refractivity contribution in [2.75, 3.05) is 11.1 Å². The van der Waals surface area contributed by atoms with Crippen LogP contribution in [0.3, 0.4) is 0 Å². The molecule has 1 aromatic carbocycles. The fourth-order valence-corrected chi connectivity index (χ4v) is 1.36. The average molecular weight is 330 g/mol. The molecule has 0 aliphatic heterocycles. The van der Waals surface area contributed by atoms with Crippen LogP contribution in [-0.4, -0.2) is 12.1 Å². The maximum atomic E-state index is 11.9. The number of rotatable bonds is 1. The largest absolute Gasteiger partial charge is 0.471 e. The zero-order valence-electron chi connectivity index (χ0n) is 7.23. The van der Waals surface area contributed by atoms with Crippen molar-refractivity contribution in [3.8, 4) is 0 Å². The molecule has 1 aromatic rings. The molecule has 0 aromatic heterocycles. The quantitative estimate of drug-likeness (QED) is 0.614. The van der Waals surface area contributed by atoms with Crippen LogP contribution in [0.5, 0.6) is 0 Å². The highest BCUT2D eigenvalue weighted by atomic mass is 127. The predicted molar refractivity (Wildman–Crippen MR) is 58.3 cm³/mol. The summed E-state index contributed by atoms with van der Waals surface area (Å²) in [5, 5.41) is 1.69. The van der Waals surface area contributed by atoms with Gasteiger partial charge >= 0.3 is 12.1 Å². The van der Waals surface area contributed by atoms with Gasteiger partial charge in [-0.1, -0.05) is 0 Å². The molecule has 0 aliphatic carbocycles. The van der Waals surface area contributed by atoms with E-state index in [4.69, 9.17) is 5.73 Å². The van der Waals surface area contributed by atoms with Gasteiger partial charge in [-0.3, -0.25) is 4.79 Å². The van der Waals surface area contributed by atoms with Crippen LogP contribution in [0.4, 0.5) is 24.5 Å². The van der Waals surface area contributed by atoms with E-state index >= 15 is 0 Å². The minimum absolute atomic E-state index is 0.0438.